The summed E-state index contributed by atoms with van der Waals surface area (Å²) in [6.45, 7) is 2.52. The fraction of sp³-hybridized carbons (Fsp3) is 0.350. The molecule has 1 atom stereocenters. The van der Waals surface area contributed by atoms with Crippen LogP contribution in [-0.4, -0.2) is 25.7 Å². The molecule has 1 N–H and O–H groups in total. The van der Waals surface area contributed by atoms with Crippen molar-refractivity contribution in [1.82, 2.24) is 5.32 Å². The first kappa shape index (κ1) is 19.1. The summed E-state index contributed by atoms with van der Waals surface area (Å²) >= 11 is 6.08. The number of para-hydroxylation sites is 1. The molecule has 4 nitrogen and oxygen atoms in total. The van der Waals surface area contributed by atoms with Gasteiger partial charge in [-0.15, -0.1) is 0 Å². The number of nitrogens with one attached hydrogen (secondary N) is 1. The summed E-state index contributed by atoms with van der Waals surface area (Å²) in [5.74, 6) is 1.26. The molecule has 0 fully saturated rings. The van der Waals surface area contributed by atoms with E-state index in [0.29, 0.717) is 23.7 Å². The van der Waals surface area contributed by atoms with Gasteiger partial charge in [-0.05, 0) is 49.1 Å². The minimum atomic E-state index is -0.541. The predicted molar refractivity (Wildman–Crippen MR) is 100 cm³/mol. The normalized spacial score (nSPS) is 11.6. The van der Waals surface area contributed by atoms with Crippen molar-refractivity contribution in [2.75, 3.05) is 13.7 Å². The minimum absolute atomic E-state index is 0.114. The molecule has 2 aromatic rings. The van der Waals surface area contributed by atoms with Crippen molar-refractivity contribution >= 4 is 17.5 Å². The summed E-state index contributed by atoms with van der Waals surface area (Å²) in [4.78, 5) is 12.3. The van der Waals surface area contributed by atoms with Crippen LogP contribution >= 0.6 is 11.6 Å². The molecule has 0 spiro atoms. The predicted octanol–water partition coefficient (Wildman–Crippen LogP) is 4.26. The van der Waals surface area contributed by atoms with Crippen LogP contribution in [0.4, 0.5) is 0 Å². The fourth-order valence-electron chi connectivity index (χ4n) is 2.43. The van der Waals surface area contributed by atoms with E-state index in [1.165, 1.54) is 5.56 Å². The minimum Gasteiger partial charge on any atom is -0.497 e. The van der Waals surface area contributed by atoms with Crippen LogP contribution in [0.2, 0.25) is 5.02 Å². The van der Waals surface area contributed by atoms with Crippen LogP contribution in [0.25, 0.3) is 0 Å². The van der Waals surface area contributed by atoms with Crippen molar-refractivity contribution in [2.24, 2.45) is 0 Å². The van der Waals surface area contributed by atoms with E-state index >= 15 is 0 Å². The maximum atomic E-state index is 12.3. The largest absolute Gasteiger partial charge is 0.497 e. The second-order valence-electron chi connectivity index (χ2n) is 5.69. The van der Waals surface area contributed by atoms with E-state index in [0.717, 1.165) is 18.6 Å². The Kier molecular flexibility index (Phi) is 7.61. The number of amides is 1. The van der Waals surface area contributed by atoms with E-state index in [1.807, 2.05) is 43.3 Å². The smallest absolute Gasteiger partial charge is 0.261 e. The van der Waals surface area contributed by atoms with Crippen molar-refractivity contribution in [2.45, 2.75) is 32.3 Å². The molecule has 1 amide bonds. The Hall–Kier alpha value is -2.20. The summed E-state index contributed by atoms with van der Waals surface area (Å²) < 4.78 is 10.9. The summed E-state index contributed by atoms with van der Waals surface area (Å²) in [6, 6.07) is 15.1. The summed E-state index contributed by atoms with van der Waals surface area (Å²) in [6.07, 6.45) is 1.80. The molecule has 0 aliphatic heterocycles. The van der Waals surface area contributed by atoms with Crippen LogP contribution in [-0.2, 0) is 11.2 Å². The van der Waals surface area contributed by atoms with Gasteiger partial charge in [0.15, 0.2) is 6.10 Å². The zero-order chi connectivity index (χ0) is 18.1. The van der Waals surface area contributed by atoms with E-state index in [4.69, 9.17) is 21.1 Å². The highest BCUT2D eigenvalue weighted by atomic mass is 35.5. The van der Waals surface area contributed by atoms with Gasteiger partial charge in [0, 0.05) is 6.54 Å². The number of benzene rings is 2. The number of hydrogen-bond acceptors (Lipinski definition) is 3. The Morgan fingerprint density at radius 2 is 1.88 bits per heavy atom. The lowest BCUT2D eigenvalue weighted by Gasteiger charge is -2.18. The molecule has 5 heteroatoms. The molecule has 0 bridgehead atoms. The molecular weight excluding hydrogens is 338 g/mol. The second-order valence-corrected chi connectivity index (χ2v) is 6.10. The van der Waals surface area contributed by atoms with Gasteiger partial charge in [0.25, 0.3) is 5.91 Å². The Balaban J connectivity index is 1.76. The monoisotopic (exact) mass is 361 g/mol. The van der Waals surface area contributed by atoms with Gasteiger partial charge in [0.2, 0.25) is 0 Å². The van der Waals surface area contributed by atoms with Gasteiger partial charge >= 0.3 is 0 Å². The third kappa shape index (κ3) is 5.98. The summed E-state index contributed by atoms with van der Waals surface area (Å²) in [7, 11) is 1.65. The second kappa shape index (κ2) is 9.94. The van der Waals surface area contributed by atoms with Crippen LogP contribution in [0.3, 0.4) is 0 Å². The van der Waals surface area contributed by atoms with Crippen molar-refractivity contribution in [3.63, 3.8) is 0 Å². The van der Waals surface area contributed by atoms with Crippen molar-refractivity contribution in [1.29, 1.82) is 0 Å². The molecule has 0 saturated heterocycles. The first-order valence-corrected chi connectivity index (χ1v) is 8.83. The van der Waals surface area contributed by atoms with E-state index < -0.39 is 6.10 Å². The first-order chi connectivity index (χ1) is 12.1. The maximum Gasteiger partial charge on any atom is 0.261 e. The maximum absolute atomic E-state index is 12.3. The van der Waals surface area contributed by atoms with Crippen molar-refractivity contribution < 1.29 is 14.3 Å². The Morgan fingerprint density at radius 1 is 1.16 bits per heavy atom. The van der Waals surface area contributed by atoms with E-state index in [1.54, 1.807) is 19.2 Å². The number of hydrogen-bond donors (Lipinski definition) is 1. The first-order valence-electron chi connectivity index (χ1n) is 8.46. The highest BCUT2D eigenvalue weighted by Crippen LogP contribution is 2.24. The zero-order valence-electron chi connectivity index (χ0n) is 14.6. The topological polar surface area (TPSA) is 47.6 Å². The number of methoxy groups -OCH3 is 1. The highest BCUT2D eigenvalue weighted by Gasteiger charge is 2.18. The van der Waals surface area contributed by atoms with Crippen LogP contribution in [0, 0.1) is 0 Å². The molecule has 0 aliphatic rings. The molecule has 0 radical (unpaired) electrons. The molecule has 0 saturated carbocycles. The van der Waals surface area contributed by atoms with E-state index in [2.05, 4.69) is 5.32 Å². The number of halogens is 1. The molecule has 25 heavy (non-hydrogen) atoms. The van der Waals surface area contributed by atoms with Crippen LogP contribution in [0.5, 0.6) is 11.5 Å². The molecule has 2 aromatic carbocycles. The molecule has 0 aliphatic carbocycles. The van der Waals surface area contributed by atoms with E-state index in [9.17, 15) is 4.79 Å². The number of aryl methyl sites for hydroxylation is 1. The average molecular weight is 362 g/mol. The molecule has 134 valence electrons. The van der Waals surface area contributed by atoms with Gasteiger partial charge in [0.05, 0.1) is 12.1 Å². The lowest BCUT2D eigenvalue weighted by atomic mass is 10.1. The molecule has 0 aromatic heterocycles. The molecule has 2 rings (SSSR count). The molecule has 1 unspecified atom stereocenters. The Bertz CT molecular complexity index is 673. The molecular formula is C20H24ClNO3. The highest BCUT2D eigenvalue weighted by molar-refractivity contribution is 6.32. The van der Waals surface area contributed by atoms with Crippen molar-refractivity contribution in [3.05, 3.63) is 59.1 Å². The fourth-order valence-corrected chi connectivity index (χ4v) is 2.61. The standard InChI is InChI=1S/C20H24ClNO3/c1-3-18(25-19-9-5-4-8-17(19)21)20(23)22-14-6-7-15-10-12-16(24-2)13-11-15/h4-5,8-13,18H,3,6-7,14H2,1-2H3,(H,22,23). The van der Waals surface area contributed by atoms with Gasteiger partial charge in [-0.25, -0.2) is 0 Å². The van der Waals surface area contributed by atoms with Crippen LogP contribution in [0.15, 0.2) is 48.5 Å². The molecule has 0 heterocycles. The van der Waals surface area contributed by atoms with Crippen LogP contribution in [0.1, 0.15) is 25.3 Å². The number of carbonyl (C=O) groups excluding carboxylic acids is 1. The quantitative estimate of drug-likeness (QED) is 0.679. The van der Waals surface area contributed by atoms with Crippen LogP contribution < -0.4 is 14.8 Å². The lowest BCUT2D eigenvalue weighted by Crippen LogP contribution is -2.38. The SMILES string of the molecule is CCC(Oc1ccccc1Cl)C(=O)NCCCc1ccc(OC)cc1. The number of ether oxygens (including phenoxy) is 2. The van der Waals surface area contributed by atoms with Gasteiger partial charge in [-0.2, -0.15) is 0 Å². The Labute approximate surface area is 154 Å². The Morgan fingerprint density at radius 3 is 2.52 bits per heavy atom. The third-order valence-corrected chi connectivity index (χ3v) is 4.18. The van der Waals surface area contributed by atoms with Crippen molar-refractivity contribution in [3.8, 4) is 11.5 Å². The third-order valence-electron chi connectivity index (χ3n) is 3.87. The number of rotatable bonds is 9. The number of carbonyl (C=O) groups is 1. The van der Waals surface area contributed by atoms with E-state index in [-0.39, 0.29) is 5.91 Å². The lowest BCUT2D eigenvalue weighted by molar-refractivity contribution is -0.128. The van der Waals surface area contributed by atoms with Gasteiger partial charge < -0.3 is 14.8 Å². The summed E-state index contributed by atoms with van der Waals surface area (Å²) in [5.41, 5.74) is 1.22. The zero-order valence-corrected chi connectivity index (χ0v) is 15.4. The van der Waals surface area contributed by atoms with Gasteiger partial charge in [0.1, 0.15) is 11.5 Å². The average Bonchev–Trinajstić information content (AvgIpc) is 2.65. The summed E-state index contributed by atoms with van der Waals surface area (Å²) in [5, 5.41) is 3.44. The van der Waals surface area contributed by atoms with Gasteiger partial charge in [-0.1, -0.05) is 42.8 Å². The van der Waals surface area contributed by atoms with Gasteiger partial charge in [-0.3, -0.25) is 4.79 Å².